The van der Waals surface area contributed by atoms with Crippen LogP contribution in [0, 0.1) is 6.92 Å². The van der Waals surface area contributed by atoms with Crippen molar-refractivity contribution in [2.45, 2.75) is 26.3 Å². The first-order valence-electron chi connectivity index (χ1n) is 6.99. The molecule has 3 aromatic rings. The molecule has 2 aromatic heterocycles. The predicted molar refractivity (Wildman–Crippen MR) is 79.8 cm³/mol. The molecule has 3 nitrogen and oxygen atoms in total. The number of nitrogens with one attached hydrogen (secondary N) is 1. The number of hydrogen-bond acceptors (Lipinski definition) is 3. The van der Waals surface area contributed by atoms with Crippen LogP contribution in [0.1, 0.15) is 30.0 Å². The number of fused-ring (bicyclic) bond motifs is 1. The number of benzene rings is 1. The van der Waals surface area contributed by atoms with Crippen molar-refractivity contribution in [3.05, 3.63) is 59.7 Å². The van der Waals surface area contributed by atoms with Gasteiger partial charge in [0.1, 0.15) is 17.1 Å². The molecule has 0 saturated carbocycles. The van der Waals surface area contributed by atoms with Crippen LogP contribution in [0.25, 0.3) is 11.0 Å². The molecule has 1 N–H and O–H groups in total. The molecule has 0 saturated heterocycles. The maximum Gasteiger partial charge on any atom is 0.134 e. The van der Waals surface area contributed by atoms with Crippen LogP contribution >= 0.6 is 0 Å². The minimum absolute atomic E-state index is 0.192. The fourth-order valence-electron chi connectivity index (χ4n) is 2.57. The molecule has 1 atom stereocenters. The smallest absolute Gasteiger partial charge is 0.134 e. The summed E-state index contributed by atoms with van der Waals surface area (Å²) in [6.45, 7) is 5.11. The zero-order valence-corrected chi connectivity index (χ0v) is 11.8. The minimum Gasteiger partial charge on any atom is -0.469 e. The van der Waals surface area contributed by atoms with E-state index in [0.29, 0.717) is 0 Å². The zero-order valence-electron chi connectivity index (χ0n) is 11.8. The first kappa shape index (κ1) is 13.0. The summed E-state index contributed by atoms with van der Waals surface area (Å²) in [6, 6.07) is 12.3. The van der Waals surface area contributed by atoms with Crippen LogP contribution in [-0.4, -0.2) is 6.54 Å². The lowest BCUT2D eigenvalue weighted by atomic mass is 10.1. The first-order chi connectivity index (χ1) is 9.75. The first-order valence-corrected chi connectivity index (χ1v) is 6.99. The molecular formula is C17H19NO2. The Morgan fingerprint density at radius 1 is 1.15 bits per heavy atom. The number of rotatable bonds is 5. The van der Waals surface area contributed by atoms with Crippen molar-refractivity contribution < 1.29 is 8.83 Å². The highest BCUT2D eigenvalue weighted by molar-refractivity contribution is 5.82. The van der Waals surface area contributed by atoms with Gasteiger partial charge >= 0.3 is 0 Å². The SMILES string of the molecule is Cc1c(C(C)NCCc2ccco2)oc2ccccc12. The largest absolute Gasteiger partial charge is 0.469 e. The van der Waals surface area contributed by atoms with Crippen molar-refractivity contribution in [1.29, 1.82) is 0 Å². The van der Waals surface area contributed by atoms with Crippen LogP contribution in [0.3, 0.4) is 0 Å². The van der Waals surface area contributed by atoms with Crippen LogP contribution in [0.2, 0.25) is 0 Å². The van der Waals surface area contributed by atoms with E-state index in [1.54, 1.807) is 6.26 Å². The van der Waals surface area contributed by atoms with E-state index in [1.807, 2.05) is 30.3 Å². The lowest BCUT2D eigenvalue weighted by Gasteiger charge is -2.11. The van der Waals surface area contributed by atoms with Crippen molar-refractivity contribution in [3.63, 3.8) is 0 Å². The second-order valence-corrected chi connectivity index (χ2v) is 5.09. The Kier molecular flexibility index (Phi) is 3.61. The van der Waals surface area contributed by atoms with Gasteiger partial charge < -0.3 is 14.2 Å². The van der Waals surface area contributed by atoms with Gasteiger partial charge in [-0.15, -0.1) is 0 Å². The summed E-state index contributed by atoms with van der Waals surface area (Å²) in [5.74, 6) is 2.02. The van der Waals surface area contributed by atoms with E-state index in [0.717, 1.165) is 30.1 Å². The standard InChI is InChI=1S/C17H19NO2/c1-12-15-7-3-4-8-16(15)20-17(12)13(2)18-10-9-14-6-5-11-19-14/h3-8,11,13,18H,9-10H2,1-2H3. The van der Waals surface area contributed by atoms with Crippen LogP contribution in [0.15, 0.2) is 51.5 Å². The molecule has 0 fully saturated rings. The molecule has 0 aliphatic carbocycles. The summed E-state index contributed by atoms with van der Waals surface area (Å²) in [6.07, 6.45) is 2.60. The lowest BCUT2D eigenvalue weighted by molar-refractivity contribution is 0.437. The molecule has 0 aliphatic heterocycles. The second kappa shape index (κ2) is 5.55. The molecule has 104 valence electrons. The molecule has 0 radical (unpaired) electrons. The maximum atomic E-state index is 5.96. The van der Waals surface area contributed by atoms with Crippen LogP contribution < -0.4 is 5.32 Å². The Morgan fingerprint density at radius 3 is 2.75 bits per heavy atom. The normalized spacial score (nSPS) is 12.9. The Morgan fingerprint density at radius 2 is 2.00 bits per heavy atom. The van der Waals surface area contributed by atoms with Crippen molar-refractivity contribution in [3.8, 4) is 0 Å². The van der Waals surface area contributed by atoms with Gasteiger partial charge in [0.05, 0.1) is 12.3 Å². The Hall–Kier alpha value is -2.00. The van der Waals surface area contributed by atoms with Gasteiger partial charge in [-0.05, 0) is 37.6 Å². The summed E-state index contributed by atoms with van der Waals surface area (Å²) in [7, 11) is 0. The highest BCUT2D eigenvalue weighted by atomic mass is 16.3. The monoisotopic (exact) mass is 269 g/mol. The summed E-state index contributed by atoms with van der Waals surface area (Å²) >= 11 is 0. The van der Waals surface area contributed by atoms with Gasteiger partial charge in [0.2, 0.25) is 0 Å². The number of para-hydroxylation sites is 1. The highest BCUT2D eigenvalue weighted by Crippen LogP contribution is 2.28. The molecular weight excluding hydrogens is 250 g/mol. The average Bonchev–Trinajstić information content (AvgIpc) is 3.08. The molecule has 0 amide bonds. The van der Waals surface area contributed by atoms with Crippen LogP contribution in [-0.2, 0) is 6.42 Å². The van der Waals surface area contributed by atoms with E-state index in [2.05, 4.69) is 25.2 Å². The third-order valence-electron chi connectivity index (χ3n) is 3.68. The predicted octanol–water partition coefficient (Wildman–Crippen LogP) is 4.23. The van der Waals surface area contributed by atoms with Gasteiger partial charge in [-0.25, -0.2) is 0 Å². The Bertz CT molecular complexity index is 682. The van der Waals surface area contributed by atoms with Gasteiger partial charge in [-0.1, -0.05) is 18.2 Å². The summed E-state index contributed by atoms with van der Waals surface area (Å²) < 4.78 is 11.3. The van der Waals surface area contributed by atoms with E-state index in [4.69, 9.17) is 8.83 Å². The van der Waals surface area contributed by atoms with Crippen molar-refractivity contribution >= 4 is 11.0 Å². The third kappa shape index (κ3) is 2.49. The van der Waals surface area contributed by atoms with E-state index in [-0.39, 0.29) is 6.04 Å². The topological polar surface area (TPSA) is 38.3 Å². The Labute approximate surface area is 118 Å². The van der Waals surface area contributed by atoms with E-state index < -0.39 is 0 Å². The fraction of sp³-hybridized carbons (Fsp3) is 0.294. The van der Waals surface area contributed by atoms with E-state index >= 15 is 0 Å². The van der Waals surface area contributed by atoms with Gasteiger partial charge in [0.25, 0.3) is 0 Å². The van der Waals surface area contributed by atoms with Crippen LogP contribution in [0.5, 0.6) is 0 Å². The summed E-state index contributed by atoms with van der Waals surface area (Å²) in [4.78, 5) is 0. The molecule has 1 aromatic carbocycles. The summed E-state index contributed by atoms with van der Waals surface area (Å²) in [5, 5.41) is 4.68. The van der Waals surface area contributed by atoms with E-state index in [9.17, 15) is 0 Å². The highest BCUT2D eigenvalue weighted by Gasteiger charge is 2.15. The van der Waals surface area contributed by atoms with Gasteiger partial charge in [-0.2, -0.15) is 0 Å². The second-order valence-electron chi connectivity index (χ2n) is 5.09. The van der Waals surface area contributed by atoms with E-state index in [1.165, 1.54) is 10.9 Å². The third-order valence-corrected chi connectivity index (χ3v) is 3.68. The molecule has 20 heavy (non-hydrogen) atoms. The number of furan rings is 2. The summed E-state index contributed by atoms with van der Waals surface area (Å²) in [5.41, 5.74) is 2.18. The maximum absolute atomic E-state index is 5.96. The van der Waals surface area contributed by atoms with Gasteiger partial charge in [-0.3, -0.25) is 0 Å². The zero-order chi connectivity index (χ0) is 13.9. The van der Waals surface area contributed by atoms with Crippen molar-refractivity contribution in [2.75, 3.05) is 6.54 Å². The Balaban J connectivity index is 1.69. The molecule has 0 bridgehead atoms. The number of hydrogen-bond donors (Lipinski definition) is 1. The average molecular weight is 269 g/mol. The van der Waals surface area contributed by atoms with Crippen LogP contribution in [0.4, 0.5) is 0 Å². The molecule has 1 unspecified atom stereocenters. The van der Waals surface area contributed by atoms with Gasteiger partial charge in [0, 0.05) is 18.4 Å². The molecule has 0 spiro atoms. The number of aryl methyl sites for hydroxylation is 1. The molecule has 0 aliphatic rings. The van der Waals surface area contributed by atoms with Gasteiger partial charge in [0.15, 0.2) is 0 Å². The minimum atomic E-state index is 0.192. The fourth-order valence-corrected chi connectivity index (χ4v) is 2.57. The quantitative estimate of drug-likeness (QED) is 0.753. The van der Waals surface area contributed by atoms with Crippen molar-refractivity contribution in [2.24, 2.45) is 0 Å². The molecule has 2 heterocycles. The molecule has 3 heteroatoms. The van der Waals surface area contributed by atoms with Crippen molar-refractivity contribution in [1.82, 2.24) is 5.32 Å². The molecule has 3 rings (SSSR count). The lowest BCUT2D eigenvalue weighted by Crippen LogP contribution is -2.21.